The largest absolute Gasteiger partial charge is 0.480 e. The number of aliphatic carboxylic acids is 1. The molecule has 0 bridgehead atoms. The van der Waals surface area contributed by atoms with E-state index in [2.05, 4.69) is 10.6 Å². The molecule has 2 saturated heterocycles. The fourth-order valence-electron chi connectivity index (χ4n) is 4.26. The molecule has 4 amide bonds. The van der Waals surface area contributed by atoms with Gasteiger partial charge in [-0.3, -0.25) is 14.4 Å². The maximum absolute atomic E-state index is 12.6. The number of carboxylic acids is 1. The Hall–Kier alpha value is -2.85. The number of likely N-dealkylation sites (tertiary alicyclic amines) is 2. The van der Waals surface area contributed by atoms with Gasteiger partial charge in [0.05, 0.1) is 0 Å². The fraction of sp³-hybridized carbons (Fsp3) is 0.783. The number of hydrogen-bond acceptors (Lipinski definition) is 6. The standard InChI is InChI=1S/C23H38N4O7/c1-23(2,3)34-22(33)25-13-5-11-18(28)26-14-6-8-16(26)20(30)24-12-4-10-19(29)27-15-7-9-17(27)21(31)32/h16-17H,4-15H2,1-3H3,(H,24,30)(H,25,33)(H,31,32)/t16-,17-/m0/s1. The highest BCUT2D eigenvalue weighted by atomic mass is 16.6. The summed E-state index contributed by atoms with van der Waals surface area (Å²) in [6.45, 7) is 6.88. The van der Waals surface area contributed by atoms with Crippen molar-refractivity contribution in [3.8, 4) is 0 Å². The van der Waals surface area contributed by atoms with Gasteiger partial charge in [-0.1, -0.05) is 0 Å². The van der Waals surface area contributed by atoms with Gasteiger partial charge in [-0.05, 0) is 59.3 Å². The molecule has 11 heteroatoms. The van der Waals surface area contributed by atoms with Crippen LogP contribution in [0.25, 0.3) is 0 Å². The van der Waals surface area contributed by atoms with Gasteiger partial charge < -0.3 is 30.3 Å². The van der Waals surface area contributed by atoms with E-state index in [9.17, 15) is 29.1 Å². The van der Waals surface area contributed by atoms with Crippen molar-refractivity contribution >= 4 is 29.8 Å². The average molecular weight is 483 g/mol. The van der Waals surface area contributed by atoms with Crippen molar-refractivity contribution in [3.63, 3.8) is 0 Å². The van der Waals surface area contributed by atoms with Gasteiger partial charge in [-0.2, -0.15) is 0 Å². The second kappa shape index (κ2) is 12.6. The van der Waals surface area contributed by atoms with E-state index >= 15 is 0 Å². The van der Waals surface area contributed by atoms with Crippen LogP contribution in [0.1, 0.15) is 72.1 Å². The van der Waals surface area contributed by atoms with Gasteiger partial charge in [0.25, 0.3) is 0 Å². The number of nitrogens with one attached hydrogen (secondary N) is 2. The van der Waals surface area contributed by atoms with E-state index in [1.807, 2.05) is 0 Å². The minimum Gasteiger partial charge on any atom is -0.480 e. The molecule has 0 unspecified atom stereocenters. The van der Waals surface area contributed by atoms with E-state index in [0.29, 0.717) is 51.7 Å². The molecule has 2 aliphatic heterocycles. The zero-order chi connectivity index (χ0) is 25.3. The summed E-state index contributed by atoms with van der Waals surface area (Å²) in [5.74, 6) is -1.56. The van der Waals surface area contributed by atoms with Crippen molar-refractivity contribution in [2.24, 2.45) is 0 Å². The number of amides is 4. The Morgan fingerprint density at radius 2 is 1.35 bits per heavy atom. The molecule has 0 aromatic rings. The molecule has 34 heavy (non-hydrogen) atoms. The number of ether oxygens (including phenoxy) is 1. The van der Waals surface area contributed by atoms with Gasteiger partial charge in [0.15, 0.2) is 0 Å². The second-order valence-corrected chi connectivity index (χ2v) is 9.76. The zero-order valence-corrected chi connectivity index (χ0v) is 20.4. The van der Waals surface area contributed by atoms with Crippen molar-refractivity contribution in [3.05, 3.63) is 0 Å². The van der Waals surface area contributed by atoms with Gasteiger partial charge in [0.2, 0.25) is 17.7 Å². The summed E-state index contributed by atoms with van der Waals surface area (Å²) in [4.78, 5) is 63.4. The molecule has 0 saturated carbocycles. The number of carbonyl (C=O) groups excluding carboxylic acids is 4. The molecule has 3 N–H and O–H groups in total. The summed E-state index contributed by atoms with van der Waals surface area (Å²) in [6.07, 6.45) is 3.19. The molecular weight excluding hydrogens is 444 g/mol. The molecule has 0 aliphatic carbocycles. The number of nitrogens with zero attached hydrogens (tertiary/aromatic N) is 2. The molecule has 0 radical (unpaired) electrons. The molecule has 0 aromatic carbocycles. The van der Waals surface area contributed by atoms with Crippen molar-refractivity contribution in [1.82, 2.24) is 20.4 Å². The highest BCUT2D eigenvalue weighted by Crippen LogP contribution is 2.20. The first-order valence-corrected chi connectivity index (χ1v) is 12.1. The van der Waals surface area contributed by atoms with Gasteiger partial charge in [0, 0.05) is 39.0 Å². The number of alkyl carbamates (subject to hydrolysis) is 1. The van der Waals surface area contributed by atoms with E-state index in [0.717, 1.165) is 6.42 Å². The lowest BCUT2D eigenvalue weighted by Gasteiger charge is -2.24. The maximum Gasteiger partial charge on any atom is 0.407 e. The van der Waals surface area contributed by atoms with E-state index in [-0.39, 0.29) is 37.1 Å². The highest BCUT2D eigenvalue weighted by molar-refractivity contribution is 5.88. The Morgan fingerprint density at radius 3 is 1.88 bits per heavy atom. The van der Waals surface area contributed by atoms with Crippen molar-refractivity contribution in [2.75, 3.05) is 26.2 Å². The lowest BCUT2D eigenvalue weighted by atomic mass is 10.2. The van der Waals surface area contributed by atoms with Crippen LogP contribution in [0.4, 0.5) is 4.79 Å². The van der Waals surface area contributed by atoms with E-state index in [1.54, 1.807) is 25.7 Å². The van der Waals surface area contributed by atoms with E-state index in [1.165, 1.54) is 4.90 Å². The van der Waals surface area contributed by atoms with Crippen molar-refractivity contribution in [2.45, 2.75) is 89.8 Å². The summed E-state index contributed by atoms with van der Waals surface area (Å²) in [7, 11) is 0. The predicted octanol–water partition coefficient (Wildman–Crippen LogP) is 1.25. The molecule has 0 aromatic heterocycles. The first-order chi connectivity index (χ1) is 16.0. The van der Waals surface area contributed by atoms with Gasteiger partial charge >= 0.3 is 12.1 Å². The summed E-state index contributed by atoms with van der Waals surface area (Å²) in [5, 5.41) is 14.6. The lowest BCUT2D eigenvalue weighted by molar-refractivity contribution is -0.148. The Kier molecular flexibility index (Phi) is 10.1. The SMILES string of the molecule is CC(C)(C)OC(=O)NCCCC(=O)N1CCC[C@H]1C(=O)NCCCC(=O)N1CCC[C@H]1C(=O)O. The Morgan fingerprint density at radius 1 is 0.853 bits per heavy atom. The second-order valence-electron chi connectivity index (χ2n) is 9.76. The maximum atomic E-state index is 12.6. The molecule has 2 rings (SSSR count). The van der Waals surface area contributed by atoms with Crippen LogP contribution < -0.4 is 10.6 Å². The number of carbonyl (C=O) groups is 5. The third-order valence-corrected chi connectivity index (χ3v) is 5.84. The molecular formula is C23H38N4O7. The van der Waals surface area contributed by atoms with Crippen LogP contribution in [0.15, 0.2) is 0 Å². The summed E-state index contributed by atoms with van der Waals surface area (Å²) < 4.78 is 5.15. The lowest BCUT2D eigenvalue weighted by Crippen LogP contribution is -2.46. The minimum absolute atomic E-state index is 0.132. The number of carboxylic acid groups (broad SMARTS) is 1. The Labute approximate surface area is 200 Å². The summed E-state index contributed by atoms with van der Waals surface area (Å²) >= 11 is 0. The molecule has 192 valence electrons. The Bertz CT molecular complexity index is 765. The fourth-order valence-corrected chi connectivity index (χ4v) is 4.26. The van der Waals surface area contributed by atoms with Crippen LogP contribution in [-0.2, 0) is 23.9 Å². The molecule has 0 spiro atoms. The first kappa shape index (κ1) is 27.4. The van der Waals surface area contributed by atoms with E-state index in [4.69, 9.17) is 4.74 Å². The summed E-state index contributed by atoms with van der Waals surface area (Å²) in [5.41, 5.74) is -0.585. The zero-order valence-electron chi connectivity index (χ0n) is 20.4. The Balaban J connectivity index is 1.67. The van der Waals surface area contributed by atoms with Crippen LogP contribution in [0.3, 0.4) is 0 Å². The van der Waals surface area contributed by atoms with Gasteiger partial charge in [0.1, 0.15) is 17.7 Å². The van der Waals surface area contributed by atoms with Crippen molar-refractivity contribution < 1.29 is 33.8 Å². The topological polar surface area (TPSA) is 145 Å². The van der Waals surface area contributed by atoms with Gasteiger partial charge in [-0.25, -0.2) is 9.59 Å². The van der Waals surface area contributed by atoms with E-state index < -0.39 is 29.7 Å². The van der Waals surface area contributed by atoms with Crippen LogP contribution in [0.5, 0.6) is 0 Å². The molecule has 2 atom stereocenters. The van der Waals surface area contributed by atoms with Crippen LogP contribution in [0, 0.1) is 0 Å². The smallest absolute Gasteiger partial charge is 0.407 e. The van der Waals surface area contributed by atoms with Gasteiger partial charge in [-0.15, -0.1) is 0 Å². The average Bonchev–Trinajstić information content (AvgIpc) is 3.42. The molecule has 2 heterocycles. The predicted molar refractivity (Wildman–Crippen MR) is 123 cm³/mol. The minimum atomic E-state index is -0.981. The van der Waals surface area contributed by atoms with Crippen LogP contribution in [-0.4, -0.2) is 88.6 Å². The first-order valence-electron chi connectivity index (χ1n) is 12.1. The molecule has 2 aliphatic rings. The van der Waals surface area contributed by atoms with Crippen molar-refractivity contribution in [1.29, 1.82) is 0 Å². The number of rotatable bonds is 10. The van der Waals surface area contributed by atoms with Crippen LogP contribution >= 0.6 is 0 Å². The highest BCUT2D eigenvalue weighted by Gasteiger charge is 2.35. The normalized spacial score (nSPS) is 20.2. The molecule has 2 fully saturated rings. The third-order valence-electron chi connectivity index (χ3n) is 5.84. The third kappa shape index (κ3) is 8.49. The molecule has 11 nitrogen and oxygen atoms in total. The quantitative estimate of drug-likeness (QED) is 0.397. The monoisotopic (exact) mass is 482 g/mol. The summed E-state index contributed by atoms with van der Waals surface area (Å²) in [6, 6.07) is -1.28. The number of hydrogen-bond donors (Lipinski definition) is 3. The van der Waals surface area contributed by atoms with Crippen LogP contribution in [0.2, 0.25) is 0 Å².